The van der Waals surface area contributed by atoms with Gasteiger partial charge in [-0.15, -0.1) is 0 Å². The van der Waals surface area contributed by atoms with Gasteiger partial charge in [0, 0.05) is 6.92 Å². The Morgan fingerprint density at radius 1 is 1.12 bits per heavy atom. The van der Waals surface area contributed by atoms with Crippen molar-refractivity contribution in [2.45, 2.75) is 57.5 Å². The van der Waals surface area contributed by atoms with Gasteiger partial charge in [-0.1, -0.05) is 19.3 Å². The van der Waals surface area contributed by atoms with E-state index in [0.29, 0.717) is 11.8 Å². The highest BCUT2D eigenvalue weighted by Crippen LogP contribution is 2.25. The molecular formula is C15H23NO7S. The van der Waals surface area contributed by atoms with Crippen LogP contribution in [0, 0.1) is 5.92 Å². The van der Waals surface area contributed by atoms with E-state index >= 15 is 0 Å². The third-order valence-corrected chi connectivity index (χ3v) is 4.40. The molecule has 2 N–H and O–H groups in total. The Labute approximate surface area is 144 Å². The molecule has 0 spiro atoms. The fourth-order valence-electron chi connectivity index (χ4n) is 2.29. The number of carbonyl (C=O) groups is 4. The van der Waals surface area contributed by atoms with Gasteiger partial charge in [0.05, 0.1) is 11.2 Å². The van der Waals surface area contributed by atoms with Crippen molar-refractivity contribution in [3.05, 3.63) is 0 Å². The molecule has 24 heavy (non-hydrogen) atoms. The number of hydrogen-bond acceptors (Lipinski definition) is 7. The molecule has 1 amide bonds. The average Bonchev–Trinajstić information content (AvgIpc) is 2.52. The van der Waals surface area contributed by atoms with E-state index < -0.39 is 35.3 Å². The third-order valence-electron chi connectivity index (χ3n) is 3.54. The molecule has 1 fully saturated rings. The molecule has 1 saturated carbocycles. The quantitative estimate of drug-likeness (QED) is 0.521. The minimum atomic E-state index is -1.17. The van der Waals surface area contributed by atoms with Crippen molar-refractivity contribution in [3.8, 4) is 0 Å². The van der Waals surface area contributed by atoms with E-state index in [1.54, 1.807) is 0 Å². The number of carboxylic acid groups (broad SMARTS) is 1. The summed E-state index contributed by atoms with van der Waals surface area (Å²) in [6.45, 7) is 2.37. The predicted molar refractivity (Wildman–Crippen MR) is 86.3 cm³/mol. The highest BCUT2D eigenvalue weighted by atomic mass is 32.2. The molecule has 0 bridgehead atoms. The zero-order chi connectivity index (χ0) is 18.1. The lowest BCUT2D eigenvalue weighted by molar-refractivity contribution is -0.169. The van der Waals surface area contributed by atoms with Crippen molar-refractivity contribution in [2.24, 2.45) is 5.92 Å². The topological polar surface area (TPSA) is 119 Å². The van der Waals surface area contributed by atoms with Crippen LogP contribution in [-0.4, -0.2) is 46.3 Å². The summed E-state index contributed by atoms with van der Waals surface area (Å²) in [4.78, 5) is 45.6. The van der Waals surface area contributed by atoms with Crippen LogP contribution < -0.4 is 5.32 Å². The first-order chi connectivity index (χ1) is 11.3. The summed E-state index contributed by atoms with van der Waals surface area (Å²) in [5, 5.41) is 9.05. The number of ether oxygens (including phenoxy) is 2. The van der Waals surface area contributed by atoms with Gasteiger partial charge in [0.1, 0.15) is 6.54 Å². The lowest BCUT2D eigenvalue weighted by atomic mass is 9.89. The maximum atomic E-state index is 11.9. The Morgan fingerprint density at radius 3 is 2.33 bits per heavy atom. The first-order valence-electron chi connectivity index (χ1n) is 7.87. The van der Waals surface area contributed by atoms with Gasteiger partial charge in [-0.25, -0.2) is 4.79 Å². The number of esters is 1. The molecule has 1 unspecified atom stereocenters. The summed E-state index contributed by atoms with van der Waals surface area (Å²) in [5.74, 6) is -2.28. The van der Waals surface area contributed by atoms with Crippen LogP contribution in [0.2, 0.25) is 0 Å². The van der Waals surface area contributed by atoms with Crippen LogP contribution in [0.5, 0.6) is 0 Å². The molecule has 0 radical (unpaired) electrons. The van der Waals surface area contributed by atoms with Gasteiger partial charge in [0.25, 0.3) is 0 Å². The Balaban J connectivity index is 2.31. The summed E-state index contributed by atoms with van der Waals surface area (Å²) < 4.78 is 10.1. The largest absolute Gasteiger partial charge is 0.480 e. The van der Waals surface area contributed by atoms with Crippen molar-refractivity contribution in [1.82, 2.24) is 5.32 Å². The van der Waals surface area contributed by atoms with Gasteiger partial charge in [0.15, 0.2) is 0 Å². The van der Waals surface area contributed by atoms with E-state index in [4.69, 9.17) is 14.6 Å². The molecule has 8 nitrogen and oxygen atoms in total. The van der Waals surface area contributed by atoms with E-state index in [1.807, 2.05) is 0 Å². The first-order valence-corrected chi connectivity index (χ1v) is 8.74. The molecule has 1 aliphatic carbocycles. The maximum Gasteiger partial charge on any atom is 0.371 e. The Hall–Kier alpha value is -1.77. The van der Waals surface area contributed by atoms with Crippen LogP contribution in [-0.2, 0) is 23.9 Å². The second kappa shape index (κ2) is 10.2. The summed E-state index contributed by atoms with van der Waals surface area (Å²) in [5.41, 5.74) is 0. The Morgan fingerprint density at radius 2 is 1.75 bits per heavy atom. The molecule has 9 heteroatoms. The Kier molecular flexibility index (Phi) is 8.59. The lowest BCUT2D eigenvalue weighted by Gasteiger charge is -2.22. The van der Waals surface area contributed by atoms with Crippen LogP contribution in [0.15, 0.2) is 0 Å². The number of carbonyl (C=O) groups excluding carboxylic acids is 3. The highest BCUT2D eigenvalue weighted by molar-refractivity contribution is 8.14. The maximum absolute atomic E-state index is 11.9. The summed E-state index contributed by atoms with van der Waals surface area (Å²) in [6, 6.07) is 0. The fraction of sp³-hybridized carbons (Fsp3) is 0.733. The highest BCUT2D eigenvalue weighted by Gasteiger charge is 2.26. The first kappa shape index (κ1) is 20.3. The number of amides is 1. The monoisotopic (exact) mass is 361 g/mol. The lowest BCUT2D eigenvalue weighted by Crippen LogP contribution is -2.35. The van der Waals surface area contributed by atoms with Crippen LogP contribution in [0.25, 0.3) is 0 Å². The van der Waals surface area contributed by atoms with Crippen LogP contribution >= 0.6 is 11.8 Å². The minimum absolute atomic E-state index is 0.145. The van der Waals surface area contributed by atoms with Crippen molar-refractivity contribution in [3.63, 3.8) is 0 Å². The van der Waals surface area contributed by atoms with Gasteiger partial charge in [-0.2, -0.15) is 0 Å². The zero-order valence-electron chi connectivity index (χ0n) is 13.8. The fourth-order valence-corrected chi connectivity index (χ4v) is 2.96. The van der Waals surface area contributed by atoms with Crippen molar-refractivity contribution in [1.29, 1.82) is 0 Å². The van der Waals surface area contributed by atoms with Crippen LogP contribution in [0.4, 0.5) is 4.79 Å². The predicted octanol–water partition coefficient (Wildman–Crippen LogP) is 1.91. The van der Waals surface area contributed by atoms with Crippen LogP contribution in [0.3, 0.4) is 0 Å². The van der Waals surface area contributed by atoms with E-state index in [0.717, 1.165) is 32.1 Å². The minimum Gasteiger partial charge on any atom is -0.480 e. The molecule has 0 aliphatic heterocycles. The van der Waals surface area contributed by atoms with E-state index in [-0.39, 0.29) is 11.9 Å². The van der Waals surface area contributed by atoms with Crippen molar-refractivity contribution >= 4 is 34.9 Å². The molecule has 1 aliphatic rings. The zero-order valence-corrected chi connectivity index (χ0v) is 14.6. The van der Waals surface area contributed by atoms with Gasteiger partial charge < -0.3 is 19.9 Å². The third kappa shape index (κ3) is 7.67. The van der Waals surface area contributed by atoms with Gasteiger partial charge in [-0.05, 0) is 31.5 Å². The normalized spacial score (nSPS) is 17.4. The molecule has 1 rings (SSSR count). The standard InChI is InChI=1S/C15H23NO7S/c1-9(13(19)16-8-12(17)18)24-15(21)23-10(2)22-14(20)11-6-4-3-5-7-11/h9-11H,3-8H2,1-2H3,(H,16,19)(H,17,18)/t9?,10-/m1/s1. The molecule has 0 aromatic carbocycles. The number of rotatable bonds is 7. The molecule has 0 saturated heterocycles. The average molecular weight is 361 g/mol. The van der Waals surface area contributed by atoms with Gasteiger partial charge in [0.2, 0.25) is 12.2 Å². The second-order valence-corrected chi connectivity index (χ2v) is 6.86. The molecule has 0 aromatic rings. The smallest absolute Gasteiger partial charge is 0.371 e. The summed E-state index contributed by atoms with van der Waals surface area (Å²) >= 11 is 0.593. The van der Waals surface area contributed by atoms with Crippen molar-refractivity contribution < 1.29 is 33.8 Å². The van der Waals surface area contributed by atoms with Gasteiger partial charge >= 0.3 is 17.2 Å². The molecule has 136 valence electrons. The second-order valence-electron chi connectivity index (χ2n) is 5.58. The number of hydrogen-bond donors (Lipinski definition) is 2. The number of thioether (sulfide) groups is 1. The Bertz CT molecular complexity index is 476. The number of nitrogens with one attached hydrogen (secondary N) is 1. The SMILES string of the molecule is CC(SC(=O)O[C@H](C)OC(=O)C1CCCCC1)C(=O)NCC(=O)O. The number of aliphatic carboxylic acids is 1. The molecule has 2 atom stereocenters. The molecular weight excluding hydrogens is 338 g/mol. The molecule has 0 aromatic heterocycles. The van der Waals surface area contributed by atoms with E-state index in [9.17, 15) is 19.2 Å². The summed E-state index contributed by atoms with van der Waals surface area (Å²) in [7, 11) is 0. The van der Waals surface area contributed by atoms with E-state index in [2.05, 4.69) is 5.32 Å². The molecule has 0 heterocycles. The number of carboxylic acids is 1. The summed E-state index contributed by atoms with van der Waals surface area (Å²) in [6.07, 6.45) is 3.64. The van der Waals surface area contributed by atoms with Gasteiger partial charge in [-0.3, -0.25) is 14.4 Å². The van der Waals surface area contributed by atoms with Crippen molar-refractivity contribution in [2.75, 3.05) is 6.54 Å². The van der Waals surface area contributed by atoms with Crippen LogP contribution in [0.1, 0.15) is 46.0 Å². The van der Waals surface area contributed by atoms with E-state index in [1.165, 1.54) is 13.8 Å².